The smallest absolute Gasteiger partial charge is 0.0212 e. The van der Waals surface area contributed by atoms with Gasteiger partial charge >= 0.3 is 0 Å². The fourth-order valence-electron chi connectivity index (χ4n) is 5.14. The second-order valence-corrected chi connectivity index (χ2v) is 5.71. The third-order valence-corrected chi connectivity index (χ3v) is 5.70. The molecule has 3 rings (SSSR count). The highest BCUT2D eigenvalue weighted by atomic mass is 14.7. The van der Waals surface area contributed by atoms with E-state index in [9.17, 15) is 0 Å². The van der Waals surface area contributed by atoms with Crippen molar-refractivity contribution in [2.75, 3.05) is 0 Å². The van der Waals surface area contributed by atoms with Gasteiger partial charge in [0.1, 0.15) is 0 Å². The fourth-order valence-corrected chi connectivity index (χ4v) is 5.14. The first-order valence-corrected chi connectivity index (χ1v) is 6.72. The van der Waals surface area contributed by atoms with Crippen LogP contribution in [0.25, 0.3) is 0 Å². The molecule has 0 aromatic heterocycles. The lowest BCUT2D eigenvalue weighted by Gasteiger charge is -2.61. The number of rotatable bonds is 1. The molecule has 0 nitrogen and oxygen atoms in total. The van der Waals surface area contributed by atoms with Crippen molar-refractivity contribution in [1.29, 1.82) is 0 Å². The minimum Gasteiger partial charge on any atom is -0.0683 e. The van der Waals surface area contributed by atoms with Crippen LogP contribution in [0.4, 0.5) is 0 Å². The minimum atomic E-state index is 0.843. The molecule has 14 heavy (non-hydrogen) atoms. The van der Waals surface area contributed by atoms with Gasteiger partial charge in [-0.05, 0) is 61.2 Å². The summed E-state index contributed by atoms with van der Waals surface area (Å²) in [5, 5.41) is 0. The van der Waals surface area contributed by atoms with Gasteiger partial charge in [0.15, 0.2) is 0 Å². The molecule has 2 bridgehead atoms. The molecule has 0 amide bonds. The molecule has 1 spiro atoms. The van der Waals surface area contributed by atoms with Gasteiger partial charge in [0.05, 0.1) is 0 Å². The Morgan fingerprint density at radius 3 is 2.29 bits per heavy atom. The Kier molecular flexibility index (Phi) is 2.44. The summed E-state index contributed by atoms with van der Waals surface area (Å²) >= 11 is 0. The van der Waals surface area contributed by atoms with Crippen LogP contribution in [0.15, 0.2) is 0 Å². The Balaban J connectivity index is 0.000000354. The van der Waals surface area contributed by atoms with Crippen LogP contribution in [0.5, 0.6) is 0 Å². The normalized spacial score (nSPS) is 53.1. The minimum absolute atomic E-state index is 0.843. The molecule has 0 radical (unpaired) electrons. The molecular weight excluding hydrogens is 168 g/mol. The van der Waals surface area contributed by atoms with Crippen LogP contribution in [0.3, 0.4) is 0 Å². The highest BCUT2D eigenvalue weighted by Crippen LogP contribution is 2.78. The molecule has 3 fully saturated rings. The Hall–Kier alpha value is 0. The van der Waals surface area contributed by atoms with Crippen LogP contribution in [-0.4, -0.2) is 0 Å². The summed E-state index contributed by atoms with van der Waals surface area (Å²) in [4.78, 5) is 0. The van der Waals surface area contributed by atoms with Crippen LogP contribution in [0.1, 0.15) is 66.2 Å². The second kappa shape index (κ2) is 3.25. The molecule has 0 aliphatic heterocycles. The summed E-state index contributed by atoms with van der Waals surface area (Å²) in [6, 6.07) is 0. The number of hydrogen-bond acceptors (Lipinski definition) is 0. The van der Waals surface area contributed by atoms with Gasteiger partial charge in [0.25, 0.3) is 0 Å². The van der Waals surface area contributed by atoms with Crippen molar-refractivity contribution >= 4 is 0 Å². The van der Waals surface area contributed by atoms with Crippen LogP contribution in [0, 0.1) is 22.7 Å². The van der Waals surface area contributed by atoms with Gasteiger partial charge in [-0.15, -0.1) is 0 Å². The van der Waals surface area contributed by atoms with Crippen molar-refractivity contribution in [2.45, 2.75) is 66.2 Å². The monoisotopic (exact) mass is 194 g/mol. The van der Waals surface area contributed by atoms with E-state index in [0.29, 0.717) is 0 Å². The topological polar surface area (TPSA) is 0 Å². The lowest BCUT2D eigenvalue weighted by Crippen LogP contribution is -2.53. The maximum Gasteiger partial charge on any atom is -0.0212 e. The van der Waals surface area contributed by atoms with E-state index >= 15 is 0 Å². The van der Waals surface area contributed by atoms with E-state index in [2.05, 4.69) is 13.8 Å². The highest BCUT2D eigenvalue weighted by molar-refractivity contribution is 5.18. The molecule has 0 saturated heterocycles. The van der Waals surface area contributed by atoms with E-state index in [1.807, 2.05) is 13.8 Å². The molecule has 0 aromatic carbocycles. The average Bonchev–Trinajstić information content (AvgIpc) is 2.75. The molecule has 82 valence electrons. The Labute approximate surface area is 89.5 Å². The molecule has 0 N–H and O–H groups in total. The average molecular weight is 194 g/mol. The fraction of sp³-hybridized carbons (Fsp3) is 1.00. The van der Waals surface area contributed by atoms with Crippen molar-refractivity contribution in [2.24, 2.45) is 22.7 Å². The summed E-state index contributed by atoms with van der Waals surface area (Å²) in [7, 11) is 0. The highest BCUT2D eigenvalue weighted by Gasteiger charge is 2.69. The maximum atomic E-state index is 2.50. The summed E-state index contributed by atoms with van der Waals surface area (Å²) in [5.74, 6) is 2.19. The van der Waals surface area contributed by atoms with Gasteiger partial charge in [-0.2, -0.15) is 0 Å². The van der Waals surface area contributed by atoms with Crippen molar-refractivity contribution in [3.8, 4) is 0 Å². The molecule has 4 unspecified atom stereocenters. The Bertz CT molecular complexity index is 218. The molecule has 3 saturated carbocycles. The van der Waals surface area contributed by atoms with Crippen LogP contribution < -0.4 is 0 Å². The van der Waals surface area contributed by atoms with E-state index in [1.54, 1.807) is 32.1 Å². The zero-order valence-electron chi connectivity index (χ0n) is 10.4. The third-order valence-electron chi connectivity index (χ3n) is 5.70. The summed E-state index contributed by atoms with van der Waals surface area (Å²) in [6.45, 7) is 8.93. The quantitative estimate of drug-likeness (QED) is 0.570. The van der Waals surface area contributed by atoms with E-state index in [0.717, 1.165) is 22.7 Å². The van der Waals surface area contributed by atoms with Gasteiger partial charge < -0.3 is 0 Å². The van der Waals surface area contributed by atoms with Gasteiger partial charge in [-0.1, -0.05) is 27.7 Å². The summed E-state index contributed by atoms with van der Waals surface area (Å²) in [6.07, 6.45) is 9.35. The molecule has 3 aliphatic carbocycles. The summed E-state index contributed by atoms with van der Waals surface area (Å²) < 4.78 is 0. The standard InChI is InChI=1S/C12H20.C2H6/c1-3-11-6-9(2)12(11)5-4-10(7-11)8-12;1-2/h9-10H,3-8H2,1-2H3;1-2H3. The van der Waals surface area contributed by atoms with Crippen LogP contribution >= 0.6 is 0 Å². The van der Waals surface area contributed by atoms with Gasteiger partial charge in [-0.25, -0.2) is 0 Å². The lowest BCUT2D eigenvalue weighted by atomic mass is 9.43. The SMILES string of the molecule is CC.CCC12CC3CCC1(C3)C(C)C2. The molecule has 0 heteroatoms. The Morgan fingerprint density at radius 1 is 1.14 bits per heavy atom. The van der Waals surface area contributed by atoms with Crippen molar-refractivity contribution in [3.63, 3.8) is 0 Å². The molecule has 3 aliphatic rings. The predicted octanol–water partition coefficient (Wildman–Crippen LogP) is 4.64. The van der Waals surface area contributed by atoms with E-state index in [-0.39, 0.29) is 0 Å². The number of hydrogen-bond donors (Lipinski definition) is 0. The largest absolute Gasteiger partial charge is 0.0683 e. The number of fused-ring (bicyclic) bond motifs is 1. The first kappa shape index (κ1) is 10.5. The van der Waals surface area contributed by atoms with Gasteiger partial charge in [-0.3, -0.25) is 0 Å². The van der Waals surface area contributed by atoms with Crippen LogP contribution in [-0.2, 0) is 0 Å². The first-order chi connectivity index (χ1) is 6.72. The van der Waals surface area contributed by atoms with Gasteiger partial charge in [0, 0.05) is 0 Å². The van der Waals surface area contributed by atoms with E-state index in [1.165, 1.54) is 6.42 Å². The predicted molar refractivity (Wildman–Crippen MR) is 62.2 cm³/mol. The van der Waals surface area contributed by atoms with Crippen molar-refractivity contribution in [1.82, 2.24) is 0 Å². The molecule has 4 atom stereocenters. The van der Waals surface area contributed by atoms with Crippen molar-refractivity contribution < 1.29 is 0 Å². The lowest BCUT2D eigenvalue weighted by molar-refractivity contribution is -0.123. The second-order valence-electron chi connectivity index (χ2n) is 5.71. The van der Waals surface area contributed by atoms with E-state index < -0.39 is 0 Å². The van der Waals surface area contributed by atoms with E-state index in [4.69, 9.17) is 0 Å². The zero-order chi connectivity index (χ0) is 10.4. The maximum absolute atomic E-state index is 2.50. The third kappa shape index (κ3) is 0.955. The van der Waals surface area contributed by atoms with Crippen molar-refractivity contribution in [3.05, 3.63) is 0 Å². The van der Waals surface area contributed by atoms with Crippen LogP contribution in [0.2, 0.25) is 0 Å². The Morgan fingerprint density at radius 2 is 1.86 bits per heavy atom. The zero-order valence-corrected chi connectivity index (χ0v) is 10.4. The van der Waals surface area contributed by atoms with Gasteiger partial charge in [0.2, 0.25) is 0 Å². The molecule has 0 aromatic rings. The molecule has 0 heterocycles. The first-order valence-electron chi connectivity index (χ1n) is 6.72. The summed E-state index contributed by atoms with van der Waals surface area (Å²) in [5.41, 5.74) is 1.70. The molecular formula is C14H26.